The van der Waals surface area contributed by atoms with Crippen LogP contribution in [-0.2, 0) is 4.79 Å². The van der Waals surface area contributed by atoms with Gasteiger partial charge < -0.3 is 9.84 Å². The number of ether oxygens (including phenoxy) is 1. The lowest BCUT2D eigenvalue weighted by molar-refractivity contribution is -0.136. The molecule has 2 atom stereocenters. The Morgan fingerprint density at radius 3 is 2.36 bits per heavy atom. The van der Waals surface area contributed by atoms with Crippen molar-refractivity contribution in [3.8, 4) is 5.75 Å². The summed E-state index contributed by atoms with van der Waals surface area (Å²) < 4.78 is 5.83. The minimum absolute atomic E-state index is 0.0278. The second kappa shape index (κ2) is 9.73. The van der Waals surface area contributed by atoms with Crippen LogP contribution in [0.2, 0.25) is 5.02 Å². The van der Waals surface area contributed by atoms with Crippen LogP contribution in [0, 0.1) is 6.92 Å². The zero-order valence-electron chi connectivity index (χ0n) is 14.4. The van der Waals surface area contributed by atoms with E-state index in [1.807, 2.05) is 50.2 Å². The summed E-state index contributed by atoms with van der Waals surface area (Å²) in [6.45, 7) is 4.02. The lowest BCUT2D eigenvalue weighted by Gasteiger charge is -2.16. The maximum atomic E-state index is 11.5. The largest absolute Gasteiger partial charge is 0.491 e. The number of aliphatic carboxylic acids is 1. The summed E-state index contributed by atoms with van der Waals surface area (Å²) in [4.78, 5) is 12.5. The minimum atomic E-state index is -0.767. The second-order valence-corrected chi connectivity index (χ2v) is 7.78. The number of benzene rings is 2. The highest BCUT2D eigenvalue weighted by atomic mass is 35.5. The zero-order valence-corrected chi connectivity index (χ0v) is 16.0. The number of carboxylic acid groups (broad SMARTS) is 1. The van der Waals surface area contributed by atoms with Crippen LogP contribution in [0.4, 0.5) is 0 Å². The lowest BCUT2D eigenvalue weighted by Crippen LogP contribution is -2.18. The van der Waals surface area contributed by atoms with Crippen molar-refractivity contribution in [3.05, 3.63) is 59.1 Å². The molecule has 0 fully saturated rings. The summed E-state index contributed by atoms with van der Waals surface area (Å²) in [7, 11) is 0. The van der Waals surface area contributed by atoms with Crippen LogP contribution in [0.25, 0.3) is 0 Å². The molecule has 25 heavy (non-hydrogen) atoms. The van der Waals surface area contributed by atoms with Crippen molar-refractivity contribution in [2.45, 2.75) is 49.4 Å². The van der Waals surface area contributed by atoms with E-state index in [1.54, 1.807) is 12.1 Å². The summed E-state index contributed by atoms with van der Waals surface area (Å²) in [5.41, 5.74) is 1.17. The van der Waals surface area contributed by atoms with Crippen LogP contribution in [0.15, 0.2) is 53.4 Å². The average molecular weight is 379 g/mol. The normalized spacial score (nSPS) is 13.2. The van der Waals surface area contributed by atoms with E-state index < -0.39 is 11.2 Å². The molecule has 0 aliphatic carbocycles. The fourth-order valence-corrected chi connectivity index (χ4v) is 3.54. The first-order valence-electron chi connectivity index (χ1n) is 8.32. The Hall–Kier alpha value is -1.65. The molecule has 0 radical (unpaired) electrons. The molecule has 5 heteroatoms. The average Bonchev–Trinajstić information content (AvgIpc) is 2.57. The van der Waals surface area contributed by atoms with Gasteiger partial charge in [-0.25, -0.2) is 0 Å². The first-order valence-corrected chi connectivity index (χ1v) is 9.58. The highest BCUT2D eigenvalue weighted by Gasteiger charge is 2.19. The molecule has 0 spiro atoms. The van der Waals surface area contributed by atoms with Gasteiger partial charge in [-0.05, 0) is 69.5 Å². The van der Waals surface area contributed by atoms with Gasteiger partial charge >= 0.3 is 5.97 Å². The predicted octanol–water partition coefficient (Wildman–Crippen LogP) is 5.83. The van der Waals surface area contributed by atoms with Crippen molar-refractivity contribution in [2.75, 3.05) is 0 Å². The lowest BCUT2D eigenvalue weighted by atomic mass is 10.1. The molecule has 0 aromatic heterocycles. The third-order valence-corrected chi connectivity index (χ3v) is 5.32. The summed E-state index contributed by atoms with van der Waals surface area (Å²) in [6, 6.07) is 15.2. The Morgan fingerprint density at radius 2 is 1.76 bits per heavy atom. The van der Waals surface area contributed by atoms with Crippen LogP contribution >= 0.6 is 23.4 Å². The fraction of sp³-hybridized carbons (Fsp3) is 0.350. The molecular formula is C20H23ClO3S. The molecular weight excluding hydrogens is 356 g/mol. The van der Waals surface area contributed by atoms with Crippen molar-refractivity contribution < 1.29 is 14.6 Å². The first kappa shape index (κ1) is 19.7. The van der Waals surface area contributed by atoms with E-state index in [9.17, 15) is 9.90 Å². The van der Waals surface area contributed by atoms with Crippen LogP contribution in [0.1, 0.15) is 31.7 Å². The van der Waals surface area contributed by atoms with Crippen molar-refractivity contribution >= 4 is 29.3 Å². The third kappa shape index (κ3) is 7.00. The zero-order chi connectivity index (χ0) is 18.2. The maximum Gasteiger partial charge on any atom is 0.316 e. The SMILES string of the molecule is Cc1ccc(SC(CCCC(C)Oc2ccc(Cl)cc2)C(=O)O)cc1. The first-order chi connectivity index (χ1) is 11.9. The molecule has 0 heterocycles. The van der Waals surface area contributed by atoms with Crippen molar-refractivity contribution in [1.82, 2.24) is 0 Å². The van der Waals surface area contributed by atoms with Gasteiger partial charge in [0.15, 0.2) is 0 Å². The van der Waals surface area contributed by atoms with Gasteiger partial charge in [-0.3, -0.25) is 4.79 Å². The molecule has 0 bridgehead atoms. The molecule has 2 aromatic rings. The molecule has 3 nitrogen and oxygen atoms in total. The van der Waals surface area contributed by atoms with Crippen LogP contribution in [0.5, 0.6) is 5.75 Å². The molecule has 0 saturated carbocycles. The molecule has 0 amide bonds. The monoisotopic (exact) mass is 378 g/mol. The molecule has 2 aromatic carbocycles. The van der Waals surface area contributed by atoms with E-state index in [4.69, 9.17) is 16.3 Å². The van der Waals surface area contributed by atoms with Gasteiger partial charge in [0.05, 0.1) is 6.10 Å². The van der Waals surface area contributed by atoms with E-state index in [0.29, 0.717) is 11.4 Å². The Bertz CT molecular complexity index is 670. The van der Waals surface area contributed by atoms with Gasteiger partial charge in [-0.15, -0.1) is 11.8 Å². The number of rotatable bonds is 9. The Labute approximate surface area is 158 Å². The molecule has 0 aliphatic rings. The number of carboxylic acids is 1. The second-order valence-electron chi connectivity index (χ2n) is 6.07. The fourth-order valence-electron chi connectivity index (χ4n) is 2.41. The van der Waals surface area contributed by atoms with Crippen molar-refractivity contribution in [3.63, 3.8) is 0 Å². The van der Waals surface area contributed by atoms with Gasteiger partial charge in [0.1, 0.15) is 11.0 Å². The summed E-state index contributed by atoms with van der Waals surface area (Å²) in [6.07, 6.45) is 2.24. The van der Waals surface area contributed by atoms with E-state index in [2.05, 4.69) is 0 Å². The van der Waals surface area contributed by atoms with Gasteiger partial charge in [0.25, 0.3) is 0 Å². The Kier molecular flexibility index (Phi) is 7.66. The van der Waals surface area contributed by atoms with Gasteiger partial charge in [0, 0.05) is 9.92 Å². The number of hydrogen-bond acceptors (Lipinski definition) is 3. The molecule has 0 aliphatic heterocycles. The molecule has 1 N–H and O–H groups in total. The van der Waals surface area contributed by atoms with E-state index >= 15 is 0 Å². The van der Waals surface area contributed by atoms with E-state index in [1.165, 1.54) is 17.3 Å². The number of thioether (sulfide) groups is 1. The maximum absolute atomic E-state index is 11.5. The predicted molar refractivity (Wildman–Crippen MR) is 104 cm³/mol. The number of hydrogen-bond donors (Lipinski definition) is 1. The summed E-state index contributed by atoms with van der Waals surface area (Å²) in [5.74, 6) is 0.0116. The van der Waals surface area contributed by atoms with Crippen LogP contribution in [-0.4, -0.2) is 22.4 Å². The van der Waals surface area contributed by atoms with Crippen LogP contribution < -0.4 is 4.74 Å². The summed E-state index contributed by atoms with van der Waals surface area (Å²) >= 11 is 7.27. The minimum Gasteiger partial charge on any atom is -0.491 e. The Morgan fingerprint density at radius 1 is 1.12 bits per heavy atom. The van der Waals surface area contributed by atoms with Gasteiger partial charge in [0.2, 0.25) is 0 Å². The summed E-state index contributed by atoms with van der Waals surface area (Å²) in [5, 5.41) is 9.69. The number of aryl methyl sites for hydroxylation is 1. The van der Waals surface area contributed by atoms with Gasteiger partial charge in [-0.1, -0.05) is 29.3 Å². The quantitative estimate of drug-likeness (QED) is 0.557. The Balaban J connectivity index is 1.79. The molecule has 0 saturated heterocycles. The van der Waals surface area contributed by atoms with Crippen molar-refractivity contribution in [2.24, 2.45) is 0 Å². The van der Waals surface area contributed by atoms with Crippen LogP contribution in [0.3, 0.4) is 0 Å². The smallest absolute Gasteiger partial charge is 0.316 e. The third-order valence-electron chi connectivity index (χ3n) is 3.80. The molecule has 2 unspecified atom stereocenters. The number of carbonyl (C=O) groups is 1. The van der Waals surface area contributed by atoms with Crippen molar-refractivity contribution in [1.29, 1.82) is 0 Å². The van der Waals surface area contributed by atoms with E-state index in [-0.39, 0.29) is 6.10 Å². The molecule has 134 valence electrons. The highest BCUT2D eigenvalue weighted by molar-refractivity contribution is 8.00. The topological polar surface area (TPSA) is 46.5 Å². The van der Waals surface area contributed by atoms with E-state index in [0.717, 1.165) is 23.5 Å². The highest BCUT2D eigenvalue weighted by Crippen LogP contribution is 2.28. The number of halogens is 1. The standard InChI is InChI=1S/C20H23ClO3S/c1-14-6-12-18(13-7-14)25-19(20(22)23)5-3-4-15(2)24-17-10-8-16(21)9-11-17/h6-13,15,19H,3-5H2,1-2H3,(H,22,23). The molecule has 2 rings (SSSR count). The van der Waals surface area contributed by atoms with Gasteiger partial charge in [-0.2, -0.15) is 0 Å².